The van der Waals surface area contributed by atoms with E-state index in [2.05, 4.69) is 54.4 Å². The van der Waals surface area contributed by atoms with E-state index in [1.807, 2.05) is 33.8 Å². The summed E-state index contributed by atoms with van der Waals surface area (Å²) in [5.41, 5.74) is 4.61. The summed E-state index contributed by atoms with van der Waals surface area (Å²) in [6, 6.07) is 16.7. The minimum atomic E-state index is 0.561. The molecule has 1 heterocycles. The van der Waals surface area contributed by atoms with Crippen molar-refractivity contribution < 1.29 is 9.47 Å². The molecule has 4 heteroatoms. The van der Waals surface area contributed by atoms with Crippen LogP contribution in [0, 0.1) is 24.2 Å². The molecule has 1 fully saturated rings. The van der Waals surface area contributed by atoms with E-state index in [1.165, 1.54) is 30.5 Å². The summed E-state index contributed by atoms with van der Waals surface area (Å²) in [5.74, 6) is 2.30. The average Bonchev–Trinajstić information content (AvgIpc) is 2.82. The number of nitrogens with zero attached hydrogens (tertiary/aromatic N) is 1. The van der Waals surface area contributed by atoms with Crippen molar-refractivity contribution in [1.82, 2.24) is 5.32 Å². The van der Waals surface area contributed by atoms with Gasteiger partial charge in [0.15, 0.2) is 0 Å². The van der Waals surface area contributed by atoms with Crippen LogP contribution in [0.1, 0.15) is 51.2 Å². The van der Waals surface area contributed by atoms with Crippen molar-refractivity contribution in [3.8, 4) is 22.9 Å². The Kier molecular flexibility index (Phi) is 13.8. The molecule has 1 aliphatic rings. The summed E-state index contributed by atoms with van der Waals surface area (Å²) in [5, 5.41) is 12.0. The predicted molar refractivity (Wildman–Crippen MR) is 135 cm³/mol. The number of nitrogens with one attached hydrogen (secondary N) is 1. The van der Waals surface area contributed by atoms with Gasteiger partial charge in [0.25, 0.3) is 0 Å². The van der Waals surface area contributed by atoms with Crippen LogP contribution in [0.2, 0.25) is 0 Å². The lowest BCUT2D eigenvalue weighted by Crippen LogP contribution is -2.31. The molecular weight excluding hydrogens is 396 g/mol. The molecule has 1 saturated heterocycles. The van der Waals surface area contributed by atoms with Gasteiger partial charge in [-0.3, -0.25) is 0 Å². The van der Waals surface area contributed by atoms with Gasteiger partial charge in [0.2, 0.25) is 0 Å². The first-order valence-electron chi connectivity index (χ1n) is 11.6. The Labute approximate surface area is 195 Å². The van der Waals surface area contributed by atoms with Gasteiger partial charge in [-0.05, 0) is 80.0 Å². The Morgan fingerprint density at radius 2 is 1.84 bits per heavy atom. The van der Waals surface area contributed by atoms with Crippen LogP contribution in [0.5, 0.6) is 5.75 Å². The van der Waals surface area contributed by atoms with E-state index >= 15 is 0 Å². The van der Waals surface area contributed by atoms with Gasteiger partial charge in [-0.2, -0.15) is 5.26 Å². The van der Waals surface area contributed by atoms with Gasteiger partial charge in [-0.1, -0.05) is 50.8 Å². The molecule has 1 atom stereocenters. The topological polar surface area (TPSA) is 54.3 Å². The Hall–Kier alpha value is -2.61. The third-order valence-electron chi connectivity index (χ3n) is 5.07. The zero-order valence-electron chi connectivity index (χ0n) is 20.5. The first-order valence-corrected chi connectivity index (χ1v) is 11.6. The van der Waals surface area contributed by atoms with Gasteiger partial charge in [0.1, 0.15) is 5.75 Å². The van der Waals surface area contributed by atoms with E-state index in [0.717, 1.165) is 42.4 Å². The van der Waals surface area contributed by atoms with Crippen molar-refractivity contribution in [2.75, 3.05) is 26.8 Å². The van der Waals surface area contributed by atoms with Crippen molar-refractivity contribution in [3.63, 3.8) is 0 Å². The Morgan fingerprint density at radius 1 is 1.16 bits per heavy atom. The SMILES string of the molecule is C=C(C)Oc1ccc(-c2ccc(CCC#N)cc2)cc1C.CC.COCC1CCCNC1. The maximum absolute atomic E-state index is 8.61. The number of ether oxygens (including phenoxy) is 2. The molecule has 0 radical (unpaired) electrons. The van der Waals surface area contributed by atoms with E-state index in [1.54, 1.807) is 7.11 Å². The number of methoxy groups -OCH3 is 1. The molecule has 0 bridgehead atoms. The second kappa shape index (κ2) is 16.1. The fourth-order valence-corrected chi connectivity index (χ4v) is 3.50. The molecule has 0 amide bonds. The Bertz CT molecular complexity index is 829. The summed E-state index contributed by atoms with van der Waals surface area (Å²) in [7, 11) is 1.77. The third-order valence-corrected chi connectivity index (χ3v) is 5.07. The van der Waals surface area contributed by atoms with Crippen molar-refractivity contribution in [1.29, 1.82) is 5.26 Å². The maximum atomic E-state index is 8.61. The van der Waals surface area contributed by atoms with Crippen molar-refractivity contribution in [2.24, 2.45) is 5.92 Å². The number of rotatable bonds is 7. The number of hydrogen-bond donors (Lipinski definition) is 1. The zero-order chi connectivity index (χ0) is 23.8. The highest BCUT2D eigenvalue weighted by Gasteiger charge is 2.11. The van der Waals surface area contributed by atoms with Crippen LogP contribution in [0.25, 0.3) is 11.1 Å². The molecule has 3 rings (SSSR count). The van der Waals surface area contributed by atoms with Crippen LogP contribution in [-0.2, 0) is 11.2 Å². The van der Waals surface area contributed by atoms with Crippen molar-refractivity contribution >= 4 is 0 Å². The van der Waals surface area contributed by atoms with Gasteiger partial charge >= 0.3 is 0 Å². The lowest BCUT2D eigenvalue weighted by atomic mass is 10.0. The largest absolute Gasteiger partial charge is 0.462 e. The maximum Gasteiger partial charge on any atom is 0.129 e. The van der Waals surface area contributed by atoms with E-state index in [9.17, 15) is 0 Å². The molecule has 0 aliphatic carbocycles. The molecule has 1 N–H and O–H groups in total. The minimum absolute atomic E-state index is 0.561. The van der Waals surface area contributed by atoms with Gasteiger partial charge < -0.3 is 14.8 Å². The van der Waals surface area contributed by atoms with Crippen LogP contribution >= 0.6 is 0 Å². The van der Waals surface area contributed by atoms with Gasteiger partial charge in [0, 0.05) is 20.1 Å². The highest BCUT2D eigenvalue weighted by Crippen LogP contribution is 2.27. The molecule has 174 valence electrons. The first kappa shape index (κ1) is 27.4. The molecule has 0 aromatic heterocycles. The minimum Gasteiger partial charge on any atom is -0.462 e. The van der Waals surface area contributed by atoms with Crippen molar-refractivity contribution in [3.05, 3.63) is 65.9 Å². The number of benzene rings is 2. The van der Waals surface area contributed by atoms with Crippen LogP contribution in [0.4, 0.5) is 0 Å². The van der Waals surface area contributed by atoms with Gasteiger partial charge in [0.05, 0.1) is 18.4 Å². The molecule has 2 aromatic carbocycles. The highest BCUT2D eigenvalue weighted by molar-refractivity contribution is 5.66. The summed E-state index contributed by atoms with van der Waals surface area (Å²) in [6.07, 6.45) is 4.02. The van der Waals surface area contributed by atoms with Crippen molar-refractivity contribution in [2.45, 2.75) is 53.4 Å². The molecule has 2 aromatic rings. The molecule has 4 nitrogen and oxygen atoms in total. The second-order valence-corrected chi connectivity index (χ2v) is 7.81. The monoisotopic (exact) mass is 436 g/mol. The fourth-order valence-electron chi connectivity index (χ4n) is 3.50. The Balaban J connectivity index is 0.000000388. The Morgan fingerprint density at radius 3 is 2.38 bits per heavy atom. The van der Waals surface area contributed by atoms with E-state index < -0.39 is 0 Å². The zero-order valence-corrected chi connectivity index (χ0v) is 20.5. The normalized spacial score (nSPS) is 14.7. The molecule has 1 unspecified atom stereocenters. The second-order valence-electron chi connectivity index (χ2n) is 7.81. The lowest BCUT2D eigenvalue weighted by molar-refractivity contribution is 0.137. The van der Waals surface area contributed by atoms with E-state index in [-0.39, 0.29) is 0 Å². The first-order chi connectivity index (χ1) is 15.5. The lowest BCUT2D eigenvalue weighted by Gasteiger charge is -2.21. The van der Waals surface area contributed by atoms with Crippen LogP contribution in [0.3, 0.4) is 0 Å². The van der Waals surface area contributed by atoms with Crippen LogP contribution in [0.15, 0.2) is 54.8 Å². The summed E-state index contributed by atoms with van der Waals surface area (Å²) >= 11 is 0. The highest BCUT2D eigenvalue weighted by atomic mass is 16.5. The standard InChI is InChI=1S/C19H19NO.C7H15NO.C2H6/c1-14(2)21-19-11-10-18(13-15(19)3)17-8-6-16(7-9-17)5-4-12-20;1-9-6-7-3-2-4-8-5-7;1-2/h6-11,13H,1,4-5H2,2-3H3;7-8H,2-6H2,1H3;1-2H3. The van der Waals surface area contributed by atoms with E-state index in [0.29, 0.717) is 12.2 Å². The number of hydrogen-bond acceptors (Lipinski definition) is 4. The number of aryl methyl sites for hydroxylation is 2. The van der Waals surface area contributed by atoms with Gasteiger partial charge in [-0.15, -0.1) is 0 Å². The summed E-state index contributed by atoms with van der Waals surface area (Å²) in [4.78, 5) is 0. The van der Waals surface area contributed by atoms with Crippen LogP contribution in [-0.4, -0.2) is 26.8 Å². The molecule has 0 saturated carbocycles. The smallest absolute Gasteiger partial charge is 0.129 e. The summed E-state index contributed by atoms with van der Waals surface area (Å²) < 4.78 is 10.6. The predicted octanol–water partition coefficient (Wildman–Crippen LogP) is 6.69. The molecule has 32 heavy (non-hydrogen) atoms. The number of piperidine rings is 1. The fraction of sp³-hybridized carbons (Fsp3) is 0.464. The van der Waals surface area contributed by atoms with Gasteiger partial charge in [-0.25, -0.2) is 0 Å². The number of nitriles is 1. The average molecular weight is 437 g/mol. The molecule has 1 aliphatic heterocycles. The number of allylic oxidation sites excluding steroid dienone is 1. The quantitative estimate of drug-likeness (QED) is 0.491. The van der Waals surface area contributed by atoms with Crippen LogP contribution < -0.4 is 10.1 Å². The molecule has 0 spiro atoms. The summed E-state index contributed by atoms with van der Waals surface area (Å²) in [6.45, 7) is 14.9. The molecular formula is C28H40N2O2. The third kappa shape index (κ3) is 10.1. The van der Waals surface area contributed by atoms with E-state index in [4.69, 9.17) is 14.7 Å².